The molecule has 0 atom stereocenters. The number of carbonyl (C=O) groups is 2. The molecular weight excluding hydrogens is 320 g/mol. The number of ether oxygens (including phenoxy) is 1. The third-order valence-corrected chi connectivity index (χ3v) is 3.36. The molecule has 0 saturated carbocycles. The van der Waals surface area contributed by atoms with Crippen LogP contribution in [0.25, 0.3) is 11.0 Å². The second-order valence-electron chi connectivity index (χ2n) is 6.91. The first-order chi connectivity index (χ1) is 11.8. The molecule has 3 N–H and O–H groups in total. The number of nitrogens with zero attached hydrogens (tertiary/aromatic N) is 1. The summed E-state index contributed by atoms with van der Waals surface area (Å²) in [5.41, 5.74) is 2.38. The fourth-order valence-corrected chi connectivity index (χ4v) is 2.35. The normalized spacial score (nSPS) is 11.4. The Hall–Kier alpha value is -2.57. The van der Waals surface area contributed by atoms with Crippen molar-refractivity contribution < 1.29 is 14.3 Å². The minimum atomic E-state index is -0.558. The maximum absolute atomic E-state index is 12.0. The van der Waals surface area contributed by atoms with E-state index >= 15 is 0 Å². The Bertz CT molecular complexity index is 746. The molecule has 1 heterocycles. The molecule has 0 radical (unpaired) electrons. The maximum atomic E-state index is 12.0. The molecule has 0 unspecified atom stereocenters. The van der Waals surface area contributed by atoms with Crippen molar-refractivity contribution in [3.63, 3.8) is 0 Å². The van der Waals surface area contributed by atoms with E-state index in [4.69, 9.17) is 4.74 Å². The Morgan fingerprint density at radius 2 is 2.04 bits per heavy atom. The lowest BCUT2D eigenvalue weighted by atomic mass is 10.1. The number of aromatic nitrogens is 2. The molecule has 7 nitrogen and oxygen atoms in total. The van der Waals surface area contributed by atoms with E-state index in [1.54, 1.807) is 20.8 Å². The van der Waals surface area contributed by atoms with Gasteiger partial charge in [0.2, 0.25) is 11.9 Å². The molecule has 1 aromatic carbocycles. The summed E-state index contributed by atoms with van der Waals surface area (Å²) in [6, 6.07) is 6.03. The molecule has 0 fully saturated rings. The van der Waals surface area contributed by atoms with Gasteiger partial charge in [0, 0.05) is 13.0 Å². The van der Waals surface area contributed by atoms with Gasteiger partial charge in [-0.1, -0.05) is 19.4 Å². The highest BCUT2D eigenvalue weighted by atomic mass is 16.6. The summed E-state index contributed by atoms with van der Waals surface area (Å²) in [4.78, 5) is 30.9. The molecular formula is C18H26N4O3. The number of alkyl carbamates (subject to hydrolysis) is 1. The van der Waals surface area contributed by atoms with E-state index in [2.05, 4.69) is 27.5 Å². The number of carbonyl (C=O) groups excluding carboxylic acids is 2. The number of amides is 2. The highest BCUT2D eigenvalue weighted by Gasteiger charge is 2.16. The average Bonchev–Trinajstić information content (AvgIpc) is 2.87. The zero-order chi connectivity index (χ0) is 18.4. The van der Waals surface area contributed by atoms with Crippen molar-refractivity contribution in [1.82, 2.24) is 15.3 Å². The molecule has 0 aliphatic carbocycles. The molecule has 0 aliphatic heterocycles. The van der Waals surface area contributed by atoms with E-state index in [1.165, 1.54) is 5.56 Å². The van der Waals surface area contributed by atoms with Crippen molar-refractivity contribution in [2.45, 2.75) is 52.6 Å². The van der Waals surface area contributed by atoms with Gasteiger partial charge in [0.15, 0.2) is 0 Å². The largest absolute Gasteiger partial charge is 0.444 e. The Morgan fingerprint density at radius 3 is 2.72 bits per heavy atom. The molecule has 0 aliphatic rings. The number of nitrogens with one attached hydrogen (secondary N) is 3. The van der Waals surface area contributed by atoms with Gasteiger partial charge in [-0.3, -0.25) is 10.1 Å². The summed E-state index contributed by atoms with van der Waals surface area (Å²) in [5.74, 6) is 0.176. The quantitative estimate of drug-likeness (QED) is 0.747. The van der Waals surface area contributed by atoms with Crippen LogP contribution in [0.4, 0.5) is 10.7 Å². The second kappa shape index (κ2) is 8.00. The second-order valence-corrected chi connectivity index (χ2v) is 6.91. The molecule has 2 aromatic rings. The van der Waals surface area contributed by atoms with Crippen molar-refractivity contribution >= 4 is 29.0 Å². The van der Waals surface area contributed by atoms with Crippen molar-refractivity contribution in [1.29, 1.82) is 0 Å². The fourth-order valence-electron chi connectivity index (χ4n) is 2.35. The SMILES string of the molecule is CCCc1ccc2nc(NC(=O)CCNC(=O)OC(C)(C)C)[nH]c2c1. The number of benzene rings is 1. The van der Waals surface area contributed by atoms with Crippen molar-refractivity contribution in [3.05, 3.63) is 23.8 Å². The van der Waals surface area contributed by atoms with Gasteiger partial charge in [0.1, 0.15) is 5.60 Å². The summed E-state index contributed by atoms with van der Waals surface area (Å²) < 4.78 is 5.11. The van der Waals surface area contributed by atoms with Gasteiger partial charge in [0.25, 0.3) is 0 Å². The number of hydrogen-bond donors (Lipinski definition) is 3. The van der Waals surface area contributed by atoms with E-state index in [-0.39, 0.29) is 18.9 Å². The van der Waals surface area contributed by atoms with E-state index in [0.29, 0.717) is 5.95 Å². The molecule has 2 amide bonds. The average molecular weight is 346 g/mol. The van der Waals surface area contributed by atoms with Crippen molar-refractivity contribution in [2.24, 2.45) is 0 Å². The van der Waals surface area contributed by atoms with Crippen LogP contribution >= 0.6 is 0 Å². The monoisotopic (exact) mass is 346 g/mol. The minimum absolute atomic E-state index is 0.136. The van der Waals surface area contributed by atoms with E-state index < -0.39 is 11.7 Å². The number of imidazole rings is 1. The van der Waals surface area contributed by atoms with Gasteiger partial charge in [-0.15, -0.1) is 0 Å². The van der Waals surface area contributed by atoms with Gasteiger partial charge < -0.3 is 15.0 Å². The van der Waals surface area contributed by atoms with Crippen LogP contribution in [0.3, 0.4) is 0 Å². The molecule has 136 valence electrons. The number of anilines is 1. The van der Waals surface area contributed by atoms with Gasteiger partial charge in [-0.25, -0.2) is 9.78 Å². The van der Waals surface area contributed by atoms with Crippen LogP contribution < -0.4 is 10.6 Å². The first kappa shape index (κ1) is 18.8. The molecule has 25 heavy (non-hydrogen) atoms. The third-order valence-electron chi connectivity index (χ3n) is 3.36. The van der Waals surface area contributed by atoms with Gasteiger partial charge in [-0.2, -0.15) is 0 Å². The lowest BCUT2D eigenvalue weighted by Gasteiger charge is -2.19. The Kier molecular flexibility index (Phi) is 6.01. The summed E-state index contributed by atoms with van der Waals surface area (Å²) >= 11 is 0. The highest BCUT2D eigenvalue weighted by Crippen LogP contribution is 2.17. The summed E-state index contributed by atoms with van der Waals surface area (Å²) in [6.07, 6.45) is 1.69. The first-order valence-electron chi connectivity index (χ1n) is 8.52. The predicted octanol–water partition coefficient (Wildman–Crippen LogP) is 3.37. The van der Waals surface area contributed by atoms with Crippen LogP contribution in [0.15, 0.2) is 18.2 Å². The predicted molar refractivity (Wildman–Crippen MR) is 97.6 cm³/mol. The zero-order valence-corrected chi connectivity index (χ0v) is 15.2. The number of rotatable bonds is 6. The number of aryl methyl sites for hydroxylation is 1. The highest BCUT2D eigenvalue weighted by molar-refractivity contribution is 5.91. The summed E-state index contributed by atoms with van der Waals surface area (Å²) in [7, 11) is 0. The van der Waals surface area contributed by atoms with Gasteiger partial charge in [-0.05, 0) is 44.9 Å². The third kappa shape index (κ3) is 6.10. The molecule has 0 saturated heterocycles. The zero-order valence-electron chi connectivity index (χ0n) is 15.2. The van der Waals surface area contributed by atoms with E-state index in [0.717, 1.165) is 23.9 Å². The topological polar surface area (TPSA) is 96.1 Å². The van der Waals surface area contributed by atoms with Gasteiger partial charge in [0.05, 0.1) is 11.0 Å². The molecule has 2 rings (SSSR count). The fraction of sp³-hybridized carbons (Fsp3) is 0.500. The van der Waals surface area contributed by atoms with Crippen LogP contribution in [0, 0.1) is 0 Å². The van der Waals surface area contributed by atoms with Crippen molar-refractivity contribution in [2.75, 3.05) is 11.9 Å². The Balaban J connectivity index is 1.84. The Labute approximate surface area is 147 Å². The van der Waals surface area contributed by atoms with Gasteiger partial charge >= 0.3 is 6.09 Å². The molecule has 1 aromatic heterocycles. The summed E-state index contributed by atoms with van der Waals surface area (Å²) in [6.45, 7) is 7.68. The summed E-state index contributed by atoms with van der Waals surface area (Å²) in [5, 5.41) is 5.26. The number of aromatic amines is 1. The van der Waals surface area contributed by atoms with Crippen LogP contribution in [-0.2, 0) is 16.0 Å². The van der Waals surface area contributed by atoms with Crippen LogP contribution in [-0.4, -0.2) is 34.1 Å². The minimum Gasteiger partial charge on any atom is -0.444 e. The number of H-pyrrole nitrogens is 1. The lowest BCUT2D eigenvalue weighted by molar-refractivity contribution is -0.116. The van der Waals surface area contributed by atoms with E-state index in [9.17, 15) is 9.59 Å². The van der Waals surface area contributed by atoms with E-state index in [1.807, 2.05) is 18.2 Å². The van der Waals surface area contributed by atoms with Crippen LogP contribution in [0.1, 0.15) is 46.1 Å². The standard InChI is InChI=1S/C18H26N4O3/c1-5-6-12-7-8-13-14(11-12)21-16(20-13)22-15(23)9-10-19-17(24)25-18(2,3)4/h7-8,11H,5-6,9-10H2,1-4H3,(H,19,24)(H2,20,21,22,23). The molecule has 0 bridgehead atoms. The number of hydrogen-bond acceptors (Lipinski definition) is 4. The van der Waals surface area contributed by atoms with Crippen LogP contribution in [0.2, 0.25) is 0 Å². The number of fused-ring (bicyclic) bond motifs is 1. The Morgan fingerprint density at radius 1 is 1.28 bits per heavy atom. The smallest absolute Gasteiger partial charge is 0.407 e. The molecule has 0 spiro atoms. The van der Waals surface area contributed by atoms with Crippen molar-refractivity contribution in [3.8, 4) is 0 Å². The van der Waals surface area contributed by atoms with Crippen LogP contribution in [0.5, 0.6) is 0 Å². The lowest BCUT2D eigenvalue weighted by Crippen LogP contribution is -2.34. The molecule has 7 heteroatoms. The maximum Gasteiger partial charge on any atom is 0.407 e. The first-order valence-corrected chi connectivity index (χ1v) is 8.52.